The molecule has 0 unspecified atom stereocenters. The number of benzene rings is 1. The van der Waals surface area contributed by atoms with Crippen LogP contribution in [0.4, 0.5) is 0 Å². The van der Waals surface area contributed by atoms with Crippen LogP contribution in [0.15, 0.2) is 58.7 Å². The number of hydrogen-bond acceptors (Lipinski definition) is 6. The lowest BCUT2D eigenvalue weighted by Crippen LogP contribution is -2.40. The fraction of sp³-hybridized carbons (Fsp3) is 0.278. The highest BCUT2D eigenvalue weighted by Crippen LogP contribution is 2.18. The second-order valence-corrected chi connectivity index (χ2v) is 7.84. The van der Waals surface area contributed by atoms with Crippen LogP contribution in [0.2, 0.25) is 0 Å². The zero-order valence-corrected chi connectivity index (χ0v) is 15.6. The molecule has 1 saturated heterocycles. The van der Waals surface area contributed by atoms with Gasteiger partial charge in [0.05, 0.1) is 29.5 Å². The van der Waals surface area contributed by atoms with Gasteiger partial charge < -0.3 is 4.74 Å². The van der Waals surface area contributed by atoms with Gasteiger partial charge in [0.1, 0.15) is 0 Å². The van der Waals surface area contributed by atoms with Crippen molar-refractivity contribution in [2.75, 3.05) is 26.3 Å². The topological polar surface area (TPSA) is 101 Å². The molecule has 0 saturated carbocycles. The van der Waals surface area contributed by atoms with E-state index in [1.165, 1.54) is 22.5 Å². The number of carbonyl (C=O) groups is 1. The molecule has 1 aromatic heterocycles. The summed E-state index contributed by atoms with van der Waals surface area (Å²) in [5.41, 5.74) is 3.83. The molecule has 1 N–H and O–H groups in total. The highest BCUT2D eigenvalue weighted by atomic mass is 32.2. The predicted molar refractivity (Wildman–Crippen MR) is 99.9 cm³/mol. The van der Waals surface area contributed by atoms with E-state index in [1.807, 2.05) is 6.07 Å². The average Bonchev–Trinajstić information content (AvgIpc) is 2.73. The van der Waals surface area contributed by atoms with E-state index in [-0.39, 0.29) is 10.5 Å². The van der Waals surface area contributed by atoms with Gasteiger partial charge in [-0.15, -0.1) is 0 Å². The van der Waals surface area contributed by atoms with Crippen LogP contribution in [0.1, 0.15) is 23.0 Å². The minimum absolute atomic E-state index is 0.0717. The van der Waals surface area contributed by atoms with Crippen LogP contribution < -0.4 is 5.43 Å². The van der Waals surface area contributed by atoms with E-state index in [4.69, 9.17) is 4.74 Å². The summed E-state index contributed by atoms with van der Waals surface area (Å²) in [6.07, 6.45) is 1.64. The summed E-state index contributed by atoms with van der Waals surface area (Å²) >= 11 is 0. The zero-order chi connectivity index (χ0) is 19.3. The Bertz CT molecular complexity index is 939. The standard InChI is InChI=1S/C18H20N4O4S/c1-14(17-7-2-3-8-19-17)20-21-18(23)15-5-4-6-16(13-15)27(24,25)22-9-11-26-12-10-22/h2-8,13H,9-12H2,1H3,(H,21,23)/b20-14-. The van der Waals surface area contributed by atoms with Crippen LogP contribution in [-0.2, 0) is 14.8 Å². The summed E-state index contributed by atoms with van der Waals surface area (Å²) in [5.74, 6) is -0.496. The number of nitrogens with one attached hydrogen (secondary N) is 1. The van der Waals surface area contributed by atoms with E-state index in [0.717, 1.165) is 0 Å². The molecule has 0 radical (unpaired) electrons. The number of nitrogens with zero attached hydrogens (tertiary/aromatic N) is 3. The van der Waals surface area contributed by atoms with Gasteiger partial charge in [-0.05, 0) is 37.3 Å². The molecule has 8 nitrogen and oxygen atoms in total. The third-order valence-electron chi connectivity index (χ3n) is 4.06. The molecular weight excluding hydrogens is 368 g/mol. The average molecular weight is 388 g/mol. The largest absolute Gasteiger partial charge is 0.379 e. The summed E-state index contributed by atoms with van der Waals surface area (Å²) in [6.45, 7) is 3.04. The maximum Gasteiger partial charge on any atom is 0.271 e. The molecule has 2 heterocycles. The fourth-order valence-electron chi connectivity index (χ4n) is 2.57. The number of hydrogen-bond donors (Lipinski definition) is 1. The molecule has 9 heteroatoms. The Kier molecular flexibility index (Phi) is 5.94. The van der Waals surface area contributed by atoms with E-state index in [1.54, 1.807) is 31.3 Å². The van der Waals surface area contributed by atoms with Crippen molar-refractivity contribution in [2.24, 2.45) is 5.10 Å². The minimum atomic E-state index is -3.66. The molecule has 27 heavy (non-hydrogen) atoms. The van der Waals surface area contributed by atoms with Crippen molar-refractivity contribution in [3.8, 4) is 0 Å². The van der Waals surface area contributed by atoms with E-state index >= 15 is 0 Å². The Labute approximate surface area is 157 Å². The smallest absolute Gasteiger partial charge is 0.271 e. The molecule has 0 spiro atoms. The van der Waals surface area contributed by atoms with Crippen LogP contribution in [0.3, 0.4) is 0 Å². The summed E-state index contributed by atoms with van der Waals surface area (Å²) in [7, 11) is -3.66. The van der Waals surface area contributed by atoms with Crippen LogP contribution >= 0.6 is 0 Å². The molecular formula is C18H20N4O4S. The minimum Gasteiger partial charge on any atom is -0.379 e. The number of sulfonamides is 1. The van der Waals surface area contributed by atoms with Gasteiger partial charge in [0, 0.05) is 24.8 Å². The van der Waals surface area contributed by atoms with E-state index < -0.39 is 15.9 Å². The Hall–Kier alpha value is -2.62. The van der Waals surface area contributed by atoms with Crippen molar-refractivity contribution in [2.45, 2.75) is 11.8 Å². The quantitative estimate of drug-likeness (QED) is 0.614. The van der Waals surface area contributed by atoms with Crippen LogP contribution in [-0.4, -0.2) is 55.6 Å². The summed E-state index contributed by atoms with van der Waals surface area (Å²) < 4.78 is 32.0. The summed E-state index contributed by atoms with van der Waals surface area (Å²) in [5, 5.41) is 4.03. The highest BCUT2D eigenvalue weighted by Gasteiger charge is 2.26. The maximum atomic E-state index is 12.7. The van der Waals surface area contributed by atoms with Gasteiger partial charge in [0.15, 0.2) is 0 Å². The van der Waals surface area contributed by atoms with Gasteiger partial charge in [-0.2, -0.15) is 9.41 Å². The van der Waals surface area contributed by atoms with Crippen molar-refractivity contribution in [1.82, 2.24) is 14.7 Å². The number of amides is 1. The third kappa shape index (κ3) is 4.57. The van der Waals surface area contributed by atoms with Gasteiger partial charge in [-0.25, -0.2) is 13.8 Å². The number of carbonyl (C=O) groups excluding carboxylic acids is 1. The Morgan fingerprint density at radius 1 is 1.19 bits per heavy atom. The van der Waals surface area contributed by atoms with Crippen LogP contribution in [0, 0.1) is 0 Å². The number of rotatable bonds is 5. The van der Waals surface area contributed by atoms with Crippen molar-refractivity contribution in [3.05, 3.63) is 59.9 Å². The van der Waals surface area contributed by atoms with E-state index in [2.05, 4.69) is 15.5 Å². The molecule has 1 fully saturated rings. The SMILES string of the molecule is C/C(=N/NC(=O)c1cccc(S(=O)(=O)N2CCOCC2)c1)c1ccccn1. The molecule has 1 aliphatic heterocycles. The van der Waals surface area contributed by atoms with Crippen LogP contribution in [0.25, 0.3) is 0 Å². The predicted octanol–water partition coefficient (Wildman–Crippen LogP) is 1.26. The number of hydrazone groups is 1. The van der Waals surface area contributed by atoms with Gasteiger partial charge in [-0.1, -0.05) is 12.1 Å². The molecule has 1 aliphatic rings. The highest BCUT2D eigenvalue weighted by molar-refractivity contribution is 7.89. The van der Waals surface area contributed by atoms with Crippen molar-refractivity contribution in [1.29, 1.82) is 0 Å². The molecule has 0 bridgehead atoms. The van der Waals surface area contributed by atoms with E-state index in [0.29, 0.717) is 37.7 Å². The monoisotopic (exact) mass is 388 g/mol. The van der Waals surface area contributed by atoms with Gasteiger partial charge >= 0.3 is 0 Å². The third-order valence-corrected chi connectivity index (χ3v) is 5.96. The fourth-order valence-corrected chi connectivity index (χ4v) is 4.02. The first-order chi connectivity index (χ1) is 13.0. The Morgan fingerprint density at radius 3 is 2.67 bits per heavy atom. The molecule has 2 aromatic rings. The molecule has 0 atom stereocenters. The van der Waals surface area contributed by atoms with Crippen molar-refractivity contribution in [3.63, 3.8) is 0 Å². The molecule has 0 aliphatic carbocycles. The first kappa shape index (κ1) is 19.2. The molecule has 142 valence electrons. The number of morpholine rings is 1. The Morgan fingerprint density at radius 2 is 1.96 bits per heavy atom. The second kappa shape index (κ2) is 8.38. The lowest BCUT2D eigenvalue weighted by Gasteiger charge is -2.26. The van der Waals surface area contributed by atoms with Crippen molar-refractivity contribution >= 4 is 21.6 Å². The lowest BCUT2D eigenvalue weighted by atomic mass is 10.2. The first-order valence-corrected chi connectivity index (χ1v) is 9.86. The summed E-state index contributed by atoms with van der Waals surface area (Å²) in [6, 6.07) is 11.3. The van der Waals surface area contributed by atoms with Crippen molar-refractivity contribution < 1.29 is 17.9 Å². The normalized spacial score (nSPS) is 16.1. The first-order valence-electron chi connectivity index (χ1n) is 8.42. The van der Waals surface area contributed by atoms with Gasteiger partial charge in [0.2, 0.25) is 10.0 Å². The maximum absolute atomic E-state index is 12.7. The molecule has 1 aromatic carbocycles. The summed E-state index contributed by atoms with van der Waals surface area (Å²) in [4.78, 5) is 16.6. The molecule has 3 rings (SSSR count). The second-order valence-electron chi connectivity index (χ2n) is 5.90. The van der Waals surface area contributed by atoms with Crippen LogP contribution in [0.5, 0.6) is 0 Å². The molecule has 1 amide bonds. The number of pyridine rings is 1. The van der Waals surface area contributed by atoms with Gasteiger partial charge in [-0.3, -0.25) is 9.78 Å². The number of aromatic nitrogens is 1. The Balaban J connectivity index is 1.76. The lowest BCUT2D eigenvalue weighted by molar-refractivity contribution is 0.0730. The zero-order valence-electron chi connectivity index (χ0n) is 14.8. The van der Waals surface area contributed by atoms with Gasteiger partial charge in [0.25, 0.3) is 5.91 Å². The number of ether oxygens (including phenoxy) is 1. The van der Waals surface area contributed by atoms with E-state index in [9.17, 15) is 13.2 Å².